The summed E-state index contributed by atoms with van der Waals surface area (Å²) in [6.07, 6.45) is 1.09. The zero-order valence-electron chi connectivity index (χ0n) is 30.2. The van der Waals surface area contributed by atoms with Crippen LogP contribution < -0.4 is 20.4 Å². The summed E-state index contributed by atoms with van der Waals surface area (Å²) in [6.45, 7) is 6.94. The van der Waals surface area contributed by atoms with Crippen molar-refractivity contribution in [2.75, 3.05) is 32.2 Å². The number of amides is 2. The van der Waals surface area contributed by atoms with E-state index in [9.17, 15) is 19.5 Å². The maximum absolute atomic E-state index is 14.7. The van der Waals surface area contributed by atoms with Gasteiger partial charge in [-0.15, -0.1) is 0 Å². The molecule has 0 unspecified atom stereocenters. The van der Waals surface area contributed by atoms with Crippen LogP contribution in [0.4, 0.5) is 5.69 Å². The highest BCUT2D eigenvalue weighted by molar-refractivity contribution is 6.91. The summed E-state index contributed by atoms with van der Waals surface area (Å²) in [4.78, 5) is 45.9. The second kappa shape index (κ2) is 13.8. The van der Waals surface area contributed by atoms with Gasteiger partial charge in [0.15, 0.2) is 5.60 Å². The van der Waals surface area contributed by atoms with Gasteiger partial charge in [-0.1, -0.05) is 85.9 Å². The Bertz CT molecular complexity index is 2190. The zero-order valence-corrected chi connectivity index (χ0v) is 31.2. The molecule has 2 aliphatic rings. The van der Waals surface area contributed by atoms with Crippen LogP contribution in [0.3, 0.4) is 0 Å². The molecular formula is C41H44N4O6Si. The van der Waals surface area contributed by atoms with Crippen molar-refractivity contribution in [3.63, 3.8) is 0 Å². The summed E-state index contributed by atoms with van der Waals surface area (Å²) in [6, 6.07) is 30.6. The molecule has 0 aliphatic carbocycles. The van der Waals surface area contributed by atoms with Crippen LogP contribution in [0.25, 0.3) is 16.5 Å². The van der Waals surface area contributed by atoms with Crippen molar-refractivity contribution < 1.29 is 24.2 Å². The molecule has 2 aliphatic heterocycles. The molecule has 1 N–H and O–H groups in total. The molecule has 1 fully saturated rings. The van der Waals surface area contributed by atoms with E-state index in [1.54, 1.807) is 42.3 Å². The Kier molecular flexibility index (Phi) is 9.37. The Morgan fingerprint density at radius 3 is 2.42 bits per heavy atom. The fraction of sp³-hybridized carbons (Fsp3) is 0.317. The van der Waals surface area contributed by atoms with Crippen molar-refractivity contribution in [1.82, 2.24) is 14.7 Å². The minimum absolute atomic E-state index is 0.0356. The van der Waals surface area contributed by atoms with Crippen molar-refractivity contribution >= 4 is 41.5 Å². The van der Waals surface area contributed by atoms with E-state index in [1.165, 1.54) is 4.68 Å². The van der Waals surface area contributed by atoms with Gasteiger partial charge >= 0.3 is 0 Å². The Balaban J connectivity index is 1.33. The molecular weight excluding hydrogens is 673 g/mol. The minimum atomic E-state index is -2.52. The molecule has 3 heterocycles. The largest absolute Gasteiger partial charge is 0.497 e. The number of hydrogen-bond acceptors (Lipinski definition) is 7. The molecule has 0 saturated carbocycles. The van der Waals surface area contributed by atoms with E-state index >= 15 is 0 Å². The first-order chi connectivity index (χ1) is 25.0. The molecule has 7 rings (SSSR count). The summed E-state index contributed by atoms with van der Waals surface area (Å²) in [5, 5.41) is 16.9. The summed E-state index contributed by atoms with van der Waals surface area (Å²) in [5.41, 5.74) is 0.977. The van der Waals surface area contributed by atoms with Gasteiger partial charge in [0.25, 0.3) is 11.5 Å². The fourth-order valence-electron chi connectivity index (χ4n) is 8.53. The summed E-state index contributed by atoms with van der Waals surface area (Å²) < 4.78 is 14.0. The number of anilines is 1. The molecule has 5 aromatic rings. The average Bonchev–Trinajstić information content (AvgIpc) is 3.57. The van der Waals surface area contributed by atoms with E-state index in [2.05, 4.69) is 37.2 Å². The number of aliphatic hydroxyl groups is 1. The van der Waals surface area contributed by atoms with Crippen LogP contribution in [0.2, 0.25) is 18.6 Å². The highest BCUT2D eigenvalue weighted by atomic mass is 28.3. The van der Waals surface area contributed by atoms with Crippen molar-refractivity contribution in [1.29, 1.82) is 0 Å². The summed E-state index contributed by atoms with van der Waals surface area (Å²) in [5.74, 6) is 0.0418. The maximum Gasteiger partial charge on any atom is 0.279 e. The number of carbonyl (C=O) groups is 2. The third-order valence-electron chi connectivity index (χ3n) is 11.2. The van der Waals surface area contributed by atoms with Crippen molar-refractivity contribution in [2.45, 2.75) is 50.2 Å². The number of nitrogens with zero attached hydrogens (tertiary/aromatic N) is 4. The van der Waals surface area contributed by atoms with Gasteiger partial charge in [-0.2, -0.15) is 9.78 Å². The molecule has 1 spiro atoms. The molecule has 268 valence electrons. The Morgan fingerprint density at radius 1 is 1.00 bits per heavy atom. The number of rotatable bonds is 10. The Hall–Kier alpha value is -5.10. The zero-order chi connectivity index (χ0) is 36.8. The summed E-state index contributed by atoms with van der Waals surface area (Å²) >= 11 is 0. The monoisotopic (exact) mass is 716 g/mol. The van der Waals surface area contributed by atoms with E-state index < -0.39 is 19.8 Å². The van der Waals surface area contributed by atoms with Crippen molar-refractivity contribution in [3.8, 4) is 11.4 Å². The van der Waals surface area contributed by atoms with Crippen LogP contribution >= 0.6 is 0 Å². The van der Waals surface area contributed by atoms with E-state index in [1.807, 2.05) is 72.8 Å². The maximum atomic E-state index is 14.7. The predicted molar refractivity (Wildman–Crippen MR) is 204 cm³/mol. The molecule has 11 heteroatoms. The first kappa shape index (κ1) is 35.3. The van der Waals surface area contributed by atoms with Gasteiger partial charge in [0.2, 0.25) is 5.91 Å². The lowest BCUT2D eigenvalue weighted by molar-refractivity contribution is -0.149. The topological polar surface area (TPSA) is 114 Å². The number of methoxy groups -OCH3 is 1. The molecule has 2 amide bonds. The van der Waals surface area contributed by atoms with Crippen LogP contribution in [0.1, 0.15) is 24.5 Å². The SMILES string of the molecule is COc1ccc([Si](C)(C)[C@H]2[C@H](CC(=O)N(CCO)Cc3ccccc3)O[C@@]3(C(=O)N(C)c4ccc(-n5ncc6ccccc6c5=O)cc43)[C@@H]2C)cc1. The number of fused-ring (bicyclic) bond motifs is 3. The van der Waals surface area contributed by atoms with Crippen LogP contribution in [0, 0.1) is 5.92 Å². The molecule has 4 atom stereocenters. The van der Waals surface area contributed by atoms with E-state index in [4.69, 9.17) is 9.47 Å². The van der Waals surface area contributed by atoms with Gasteiger partial charge in [0, 0.05) is 37.0 Å². The minimum Gasteiger partial charge on any atom is -0.497 e. The molecule has 0 bridgehead atoms. The molecule has 52 heavy (non-hydrogen) atoms. The second-order valence-electron chi connectivity index (χ2n) is 14.4. The third-order valence-corrected chi connectivity index (χ3v) is 15.6. The van der Waals surface area contributed by atoms with Gasteiger partial charge in [-0.3, -0.25) is 14.4 Å². The van der Waals surface area contributed by atoms with Gasteiger partial charge in [-0.25, -0.2) is 0 Å². The third kappa shape index (κ3) is 5.82. The van der Waals surface area contributed by atoms with Gasteiger partial charge in [0.05, 0.1) is 57.3 Å². The van der Waals surface area contributed by atoms with Gasteiger partial charge < -0.3 is 24.4 Å². The lowest BCUT2D eigenvalue weighted by Gasteiger charge is -2.37. The van der Waals surface area contributed by atoms with E-state index in [0.717, 1.165) is 21.9 Å². The fourth-order valence-corrected chi connectivity index (χ4v) is 12.5. The van der Waals surface area contributed by atoms with Crippen LogP contribution in [0.5, 0.6) is 5.75 Å². The first-order valence-corrected chi connectivity index (χ1v) is 20.7. The first-order valence-electron chi connectivity index (χ1n) is 17.7. The number of carbonyl (C=O) groups excluding carboxylic acids is 2. The molecule has 4 aromatic carbocycles. The van der Waals surface area contributed by atoms with Crippen molar-refractivity contribution in [2.24, 2.45) is 5.92 Å². The van der Waals surface area contributed by atoms with Crippen LogP contribution in [-0.4, -0.2) is 73.1 Å². The standard InChI is InChI=1S/C41H44N4O6Si/c1-27-38(52(4,5)32-18-16-31(50-3)17-19-32)36(24-37(47)44(21-22-46)26-28-11-7-6-8-12-28)51-41(27)34-23-30(15-20-35(34)43(2)40(41)49)45-39(48)33-14-10-9-13-29(33)25-42-45/h6-20,23,25,27,36,38,46H,21-22,24,26H2,1-5H3/t27-,36+,38-,41+/m1/s1. The van der Waals surface area contributed by atoms with Gasteiger partial charge in [-0.05, 0) is 47.5 Å². The van der Waals surface area contributed by atoms with Gasteiger partial charge in [0.1, 0.15) is 5.75 Å². The second-order valence-corrected chi connectivity index (χ2v) is 19.1. The highest BCUT2D eigenvalue weighted by Gasteiger charge is 2.66. The average molecular weight is 717 g/mol. The molecule has 10 nitrogen and oxygen atoms in total. The Morgan fingerprint density at radius 2 is 1.71 bits per heavy atom. The lowest BCUT2D eigenvalue weighted by atomic mass is 9.82. The number of benzene rings is 4. The number of aromatic nitrogens is 2. The normalized spacial score (nSPS) is 21.2. The smallest absolute Gasteiger partial charge is 0.279 e. The number of hydrogen-bond donors (Lipinski definition) is 1. The van der Waals surface area contributed by atoms with Crippen molar-refractivity contribution in [3.05, 3.63) is 125 Å². The van der Waals surface area contributed by atoms with E-state index in [-0.39, 0.29) is 48.4 Å². The molecule has 0 radical (unpaired) electrons. The summed E-state index contributed by atoms with van der Waals surface area (Å²) in [7, 11) is 0.857. The molecule has 1 saturated heterocycles. The predicted octanol–water partition coefficient (Wildman–Crippen LogP) is 5.00. The number of aliphatic hydroxyl groups excluding tert-OH is 1. The van der Waals surface area contributed by atoms with Crippen LogP contribution in [0.15, 0.2) is 108 Å². The highest BCUT2D eigenvalue weighted by Crippen LogP contribution is 2.60. The molecule has 1 aromatic heterocycles. The number of ether oxygens (including phenoxy) is 2. The number of likely N-dealkylation sites (N-methyl/N-ethyl adjacent to an activating group) is 1. The van der Waals surface area contributed by atoms with E-state index in [0.29, 0.717) is 28.9 Å². The Labute approximate surface area is 304 Å². The van der Waals surface area contributed by atoms with Crippen LogP contribution in [-0.2, 0) is 26.5 Å². The lowest BCUT2D eigenvalue weighted by Crippen LogP contribution is -2.52. The quantitative estimate of drug-likeness (QED) is 0.203.